The lowest BCUT2D eigenvalue weighted by atomic mass is 10.1. The first-order valence-electron chi connectivity index (χ1n) is 5.31. The molecular weight excluding hydrogens is 224 g/mol. The fourth-order valence-electron chi connectivity index (χ4n) is 1.47. The van der Waals surface area contributed by atoms with E-state index in [1.165, 1.54) is 0 Å². The van der Waals surface area contributed by atoms with Crippen LogP contribution in [0.2, 0.25) is 0 Å². The molecule has 4 heteroatoms. The summed E-state index contributed by atoms with van der Waals surface area (Å²) in [5, 5.41) is 2.88. The highest BCUT2D eigenvalue weighted by Crippen LogP contribution is 2.14. The van der Waals surface area contributed by atoms with Crippen molar-refractivity contribution in [3.8, 4) is 0 Å². The first-order valence-corrected chi connectivity index (χ1v) is 5.85. The van der Waals surface area contributed by atoms with Crippen molar-refractivity contribution in [2.75, 3.05) is 5.88 Å². The molecule has 0 saturated carbocycles. The largest absolute Gasteiger partial charge is 0.350 e. The molecule has 16 heavy (non-hydrogen) atoms. The van der Waals surface area contributed by atoms with Crippen LogP contribution in [0, 0.1) is 0 Å². The summed E-state index contributed by atoms with van der Waals surface area (Å²) in [7, 11) is 0. The van der Waals surface area contributed by atoms with Gasteiger partial charge in [0.25, 0.3) is 0 Å². The van der Waals surface area contributed by atoms with E-state index in [1.807, 2.05) is 31.2 Å². The normalized spacial score (nSPS) is 12.2. The number of hydrogen-bond donors (Lipinski definition) is 2. The monoisotopic (exact) mass is 240 g/mol. The van der Waals surface area contributed by atoms with Crippen molar-refractivity contribution < 1.29 is 4.79 Å². The van der Waals surface area contributed by atoms with Crippen LogP contribution in [0.25, 0.3) is 0 Å². The molecule has 1 aromatic rings. The lowest BCUT2D eigenvalue weighted by Crippen LogP contribution is -2.26. The second kappa shape index (κ2) is 6.51. The van der Waals surface area contributed by atoms with Crippen molar-refractivity contribution in [1.82, 2.24) is 5.32 Å². The Morgan fingerprint density at radius 1 is 1.56 bits per heavy atom. The molecule has 0 bridgehead atoms. The number of rotatable bonds is 5. The lowest BCUT2D eigenvalue weighted by molar-refractivity contribution is -0.121. The van der Waals surface area contributed by atoms with Crippen LogP contribution < -0.4 is 11.1 Å². The Bertz CT molecular complexity index is 355. The van der Waals surface area contributed by atoms with Crippen LogP contribution in [0.5, 0.6) is 0 Å². The molecule has 0 radical (unpaired) electrons. The van der Waals surface area contributed by atoms with E-state index in [9.17, 15) is 4.79 Å². The average Bonchev–Trinajstić information content (AvgIpc) is 2.29. The summed E-state index contributed by atoms with van der Waals surface area (Å²) in [6.45, 7) is 2.46. The highest BCUT2D eigenvalue weighted by Gasteiger charge is 2.08. The Morgan fingerprint density at radius 3 is 2.94 bits per heavy atom. The molecule has 0 saturated heterocycles. The second-order valence-electron chi connectivity index (χ2n) is 3.68. The molecule has 3 N–H and O–H groups in total. The summed E-state index contributed by atoms with van der Waals surface area (Å²) in [5.74, 6) is 0.321. The van der Waals surface area contributed by atoms with Crippen LogP contribution in [0.15, 0.2) is 24.3 Å². The average molecular weight is 241 g/mol. The predicted molar refractivity (Wildman–Crippen MR) is 66.2 cm³/mol. The molecule has 0 aliphatic heterocycles. The number of hydrogen-bond acceptors (Lipinski definition) is 2. The molecule has 0 spiro atoms. The summed E-state index contributed by atoms with van der Waals surface area (Å²) in [6, 6.07) is 7.89. The highest BCUT2D eigenvalue weighted by atomic mass is 35.5. The number of halogens is 1. The van der Waals surface area contributed by atoms with Gasteiger partial charge in [0.15, 0.2) is 0 Å². The van der Waals surface area contributed by atoms with Gasteiger partial charge in [-0.15, -0.1) is 11.6 Å². The van der Waals surface area contributed by atoms with Gasteiger partial charge in [0.05, 0.1) is 6.04 Å². The van der Waals surface area contributed by atoms with E-state index in [2.05, 4.69) is 5.32 Å². The van der Waals surface area contributed by atoms with Crippen molar-refractivity contribution in [3.63, 3.8) is 0 Å². The van der Waals surface area contributed by atoms with Crippen LogP contribution in [0.4, 0.5) is 0 Å². The number of nitrogens with two attached hydrogens (primary N) is 1. The van der Waals surface area contributed by atoms with Gasteiger partial charge in [-0.3, -0.25) is 4.79 Å². The van der Waals surface area contributed by atoms with Crippen LogP contribution in [0.3, 0.4) is 0 Å². The maximum atomic E-state index is 11.4. The van der Waals surface area contributed by atoms with Gasteiger partial charge in [-0.2, -0.15) is 0 Å². The third-order valence-electron chi connectivity index (χ3n) is 2.39. The number of alkyl halides is 1. The Labute approximate surface area is 101 Å². The van der Waals surface area contributed by atoms with Crippen molar-refractivity contribution >= 4 is 17.5 Å². The minimum atomic E-state index is -0.0272. The van der Waals surface area contributed by atoms with Crippen LogP contribution in [-0.2, 0) is 11.3 Å². The first kappa shape index (κ1) is 13.0. The van der Waals surface area contributed by atoms with Crippen molar-refractivity contribution in [2.45, 2.75) is 25.9 Å². The molecule has 3 nitrogen and oxygen atoms in total. The molecular formula is C12H17ClN2O. The van der Waals surface area contributed by atoms with E-state index >= 15 is 0 Å². The molecule has 88 valence electrons. The number of benzene rings is 1. The molecule has 0 heterocycles. The minimum absolute atomic E-state index is 0.0118. The van der Waals surface area contributed by atoms with Gasteiger partial charge in [0.1, 0.15) is 0 Å². The van der Waals surface area contributed by atoms with Gasteiger partial charge in [-0.25, -0.2) is 0 Å². The highest BCUT2D eigenvalue weighted by molar-refractivity contribution is 6.18. The zero-order chi connectivity index (χ0) is 12.0. The first-order chi connectivity index (χ1) is 7.67. The Balaban J connectivity index is 2.64. The maximum absolute atomic E-state index is 11.4. The SMILES string of the molecule is CC(NC(=O)CCCl)c1cccc(CN)c1. The maximum Gasteiger partial charge on any atom is 0.221 e. The summed E-state index contributed by atoms with van der Waals surface area (Å²) < 4.78 is 0. The number of amides is 1. The Kier molecular flexibility index (Phi) is 5.29. The lowest BCUT2D eigenvalue weighted by Gasteiger charge is -2.14. The van der Waals surface area contributed by atoms with E-state index in [-0.39, 0.29) is 11.9 Å². The summed E-state index contributed by atoms with van der Waals surface area (Å²) >= 11 is 5.50. The fourth-order valence-corrected chi connectivity index (χ4v) is 1.64. The van der Waals surface area contributed by atoms with E-state index in [1.54, 1.807) is 0 Å². The molecule has 1 amide bonds. The number of carbonyl (C=O) groups is 1. The minimum Gasteiger partial charge on any atom is -0.350 e. The molecule has 1 unspecified atom stereocenters. The van der Waals surface area contributed by atoms with Crippen LogP contribution in [0.1, 0.15) is 30.5 Å². The zero-order valence-corrected chi connectivity index (χ0v) is 10.1. The summed E-state index contributed by atoms with van der Waals surface area (Å²) in [4.78, 5) is 11.4. The molecule has 1 aromatic carbocycles. The number of carbonyl (C=O) groups excluding carboxylic acids is 1. The molecule has 0 aliphatic carbocycles. The van der Waals surface area contributed by atoms with Gasteiger partial charge in [0, 0.05) is 18.8 Å². The van der Waals surface area contributed by atoms with E-state index < -0.39 is 0 Å². The number of nitrogens with one attached hydrogen (secondary N) is 1. The summed E-state index contributed by atoms with van der Waals surface area (Å²) in [6.07, 6.45) is 0.350. The zero-order valence-electron chi connectivity index (χ0n) is 9.37. The van der Waals surface area contributed by atoms with Crippen molar-refractivity contribution in [2.24, 2.45) is 5.73 Å². The van der Waals surface area contributed by atoms with Crippen molar-refractivity contribution in [3.05, 3.63) is 35.4 Å². The molecule has 0 aliphatic rings. The van der Waals surface area contributed by atoms with E-state index in [0.717, 1.165) is 11.1 Å². The van der Waals surface area contributed by atoms with E-state index in [0.29, 0.717) is 18.8 Å². The smallest absolute Gasteiger partial charge is 0.221 e. The second-order valence-corrected chi connectivity index (χ2v) is 4.06. The van der Waals surface area contributed by atoms with Crippen LogP contribution in [-0.4, -0.2) is 11.8 Å². The van der Waals surface area contributed by atoms with Gasteiger partial charge in [-0.1, -0.05) is 24.3 Å². The standard InChI is InChI=1S/C12H17ClN2O/c1-9(15-12(16)5-6-13)11-4-2-3-10(7-11)8-14/h2-4,7,9H,5-6,8,14H2,1H3,(H,15,16). The summed E-state index contributed by atoms with van der Waals surface area (Å²) in [5.41, 5.74) is 7.69. The van der Waals surface area contributed by atoms with Crippen molar-refractivity contribution in [1.29, 1.82) is 0 Å². The third-order valence-corrected chi connectivity index (χ3v) is 2.57. The van der Waals surface area contributed by atoms with Gasteiger partial charge >= 0.3 is 0 Å². The van der Waals surface area contributed by atoms with Crippen LogP contribution >= 0.6 is 11.6 Å². The Morgan fingerprint density at radius 2 is 2.31 bits per heavy atom. The van der Waals surface area contributed by atoms with Gasteiger partial charge in [-0.05, 0) is 18.1 Å². The van der Waals surface area contributed by atoms with Gasteiger partial charge in [0.2, 0.25) is 5.91 Å². The molecule has 0 fully saturated rings. The molecule has 0 aromatic heterocycles. The topological polar surface area (TPSA) is 55.1 Å². The Hall–Kier alpha value is -1.06. The third kappa shape index (κ3) is 3.83. The van der Waals surface area contributed by atoms with Gasteiger partial charge < -0.3 is 11.1 Å². The van der Waals surface area contributed by atoms with E-state index in [4.69, 9.17) is 17.3 Å². The molecule has 1 atom stereocenters. The predicted octanol–water partition coefficient (Wildman–Crippen LogP) is 1.95. The quantitative estimate of drug-likeness (QED) is 0.773. The fraction of sp³-hybridized carbons (Fsp3) is 0.417. The molecule has 1 rings (SSSR count).